The first-order valence-electron chi connectivity index (χ1n) is 4.58. The summed E-state index contributed by atoms with van der Waals surface area (Å²) in [6.07, 6.45) is 1.72. The third kappa shape index (κ3) is 2.10. The summed E-state index contributed by atoms with van der Waals surface area (Å²) < 4.78 is 0.552. The SMILES string of the molecule is CN1C(=O)C(=Cc2cccc(O)c2)SC1=S. The molecule has 0 spiro atoms. The Morgan fingerprint density at radius 3 is 2.81 bits per heavy atom. The van der Waals surface area contributed by atoms with E-state index >= 15 is 0 Å². The number of carbonyl (C=O) groups is 1. The fraction of sp³-hybridized carbons (Fsp3) is 0.0909. The van der Waals surface area contributed by atoms with E-state index < -0.39 is 0 Å². The van der Waals surface area contributed by atoms with Gasteiger partial charge in [0.05, 0.1) is 4.91 Å². The normalized spacial score (nSPS) is 18.6. The van der Waals surface area contributed by atoms with Crippen molar-refractivity contribution in [1.29, 1.82) is 0 Å². The number of aromatic hydroxyl groups is 1. The Labute approximate surface area is 103 Å². The van der Waals surface area contributed by atoms with Crippen molar-refractivity contribution in [3.63, 3.8) is 0 Å². The van der Waals surface area contributed by atoms with Crippen LogP contribution in [0.15, 0.2) is 29.2 Å². The molecule has 1 aliphatic heterocycles. The number of amides is 1. The third-order valence-corrected chi connectivity index (χ3v) is 3.64. The van der Waals surface area contributed by atoms with Crippen molar-refractivity contribution >= 4 is 40.3 Å². The predicted octanol–water partition coefficient (Wildman–Crippen LogP) is 2.22. The Hall–Kier alpha value is -1.33. The number of carbonyl (C=O) groups excluding carboxylic acids is 1. The third-order valence-electron chi connectivity index (χ3n) is 2.15. The molecule has 0 aromatic heterocycles. The lowest BCUT2D eigenvalue weighted by molar-refractivity contribution is -0.121. The van der Waals surface area contributed by atoms with E-state index in [-0.39, 0.29) is 11.7 Å². The summed E-state index contributed by atoms with van der Waals surface area (Å²) in [6, 6.07) is 6.74. The maximum atomic E-state index is 11.7. The number of benzene rings is 1. The molecule has 0 bridgehead atoms. The van der Waals surface area contributed by atoms with Crippen LogP contribution in [0, 0.1) is 0 Å². The highest BCUT2D eigenvalue weighted by Gasteiger charge is 2.28. The lowest BCUT2D eigenvalue weighted by Crippen LogP contribution is -2.22. The standard InChI is InChI=1S/C11H9NO2S2/c1-12-10(14)9(16-11(12)15)6-7-3-2-4-8(13)5-7/h2-6,13H,1H3. The largest absolute Gasteiger partial charge is 0.508 e. The van der Waals surface area contributed by atoms with Gasteiger partial charge in [0.2, 0.25) is 0 Å². The first kappa shape index (κ1) is 11.2. The van der Waals surface area contributed by atoms with Gasteiger partial charge < -0.3 is 5.11 Å². The highest BCUT2D eigenvalue weighted by molar-refractivity contribution is 8.26. The second kappa shape index (κ2) is 4.27. The minimum atomic E-state index is -0.0988. The summed E-state index contributed by atoms with van der Waals surface area (Å²) in [7, 11) is 1.65. The molecule has 16 heavy (non-hydrogen) atoms. The van der Waals surface area contributed by atoms with Crippen LogP contribution in [0.2, 0.25) is 0 Å². The van der Waals surface area contributed by atoms with Crippen molar-refractivity contribution in [2.75, 3.05) is 7.05 Å². The van der Waals surface area contributed by atoms with Gasteiger partial charge in [-0.3, -0.25) is 9.69 Å². The monoisotopic (exact) mass is 251 g/mol. The van der Waals surface area contributed by atoms with E-state index in [1.165, 1.54) is 16.7 Å². The summed E-state index contributed by atoms with van der Waals surface area (Å²) in [5.74, 6) is 0.0825. The number of thiocarbonyl (C=S) groups is 1. The van der Waals surface area contributed by atoms with Crippen molar-refractivity contribution in [2.45, 2.75) is 0 Å². The molecule has 0 saturated carbocycles. The van der Waals surface area contributed by atoms with E-state index in [9.17, 15) is 9.90 Å². The van der Waals surface area contributed by atoms with Crippen molar-refractivity contribution < 1.29 is 9.90 Å². The molecule has 2 rings (SSSR count). The van der Waals surface area contributed by atoms with Crippen LogP contribution >= 0.6 is 24.0 Å². The molecule has 0 unspecified atom stereocenters. The average Bonchev–Trinajstić information content (AvgIpc) is 2.47. The second-order valence-electron chi connectivity index (χ2n) is 3.34. The Balaban J connectivity index is 2.33. The van der Waals surface area contributed by atoms with Gasteiger partial charge in [-0.2, -0.15) is 0 Å². The molecule has 1 aliphatic rings. The van der Waals surface area contributed by atoms with Gasteiger partial charge in [-0.15, -0.1) is 0 Å². The van der Waals surface area contributed by atoms with Gasteiger partial charge in [0, 0.05) is 7.05 Å². The molecule has 0 atom stereocenters. The number of phenols is 1. The number of phenolic OH excluding ortho intramolecular Hbond substituents is 1. The minimum absolute atomic E-state index is 0.0988. The van der Waals surface area contributed by atoms with Gasteiger partial charge in [0.25, 0.3) is 5.91 Å². The average molecular weight is 251 g/mol. The number of likely N-dealkylation sites (N-methyl/N-ethyl adjacent to an activating group) is 1. The molecule has 1 heterocycles. The van der Waals surface area contributed by atoms with E-state index in [4.69, 9.17) is 12.2 Å². The van der Waals surface area contributed by atoms with Crippen LogP contribution < -0.4 is 0 Å². The van der Waals surface area contributed by atoms with Crippen molar-refractivity contribution in [3.8, 4) is 5.75 Å². The molecule has 0 radical (unpaired) electrons. The summed E-state index contributed by atoms with van der Waals surface area (Å²) in [5, 5.41) is 9.30. The number of hydrogen-bond donors (Lipinski definition) is 1. The lowest BCUT2D eigenvalue weighted by Gasteiger charge is -2.03. The maximum absolute atomic E-state index is 11.7. The topological polar surface area (TPSA) is 40.5 Å². The first-order chi connectivity index (χ1) is 7.58. The van der Waals surface area contributed by atoms with E-state index in [1.54, 1.807) is 31.3 Å². The van der Waals surface area contributed by atoms with Gasteiger partial charge in [-0.1, -0.05) is 36.1 Å². The van der Waals surface area contributed by atoms with Crippen LogP contribution in [0.3, 0.4) is 0 Å². The molecule has 1 aromatic rings. The second-order valence-corrected chi connectivity index (χ2v) is 5.01. The quantitative estimate of drug-likeness (QED) is 0.614. The van der Waals surface area contributed by atoms with E-state index in [0.29, 0.717) is 9.23 Å². The van der Waals surface area contributed by atoms with Gasteiger partial charge in [0.15, 0.2) is 0 Å². The summed E-state index contributed by atoms with van der Waals surface area (Å²) >= 11 is 6.29. The van der Waals surface area contributed by atoms with Crippen LogP contribution in [0.1, 0.15) is 5.56 Å². The molecule has 3 nitrogen and oxygen atoms in total. The summed E-state index contributed by atoms with van der Waals surface area (Å²) in [6.45, 7) is 0. The lowest BCUT2D eigenvalue weighted by atomic mass is 10.2. The molecule has 5 heteroatoms. The van der Waals surface area contributed by atoms with Crippen LogP contribution in [0.25, 0.3) is 6.08 Å². The summed E-state index contributed by atoms with van der Waals surface area (Å²) in [4.78, 5) is 13.7. The van der Waals surface area contributed by atoms with E-state index in [1.807, 2.05) is 6.07 Å². The number of rotatable bonds is 1. The Bertz CT molecular complexity index is 497. The molecule has 1 fully saturated rings. The van der Waals surface area contributed by atoms with E-state index in [0.717, 1.165) is 5.56 Å². The van der Waals surface area contributed by atoms with E-state index in [2.05, 4.69) is 0 Å². The number of thioether (sulfide) groups is 1. The molecule has 1 aromatic carbocycles. The minimum Gasteiger partial charge on any atom is -0.508 e. The highest BCUT2D eigenvalue weighted by Crippen LogP contribution is 2.31. The maximum Gasteiger partial charge on any atom is 0.265 e. The molecule has 1 saturated heterocycles. The van der Waals surface area contributed by atoms with Gasteiger partial charge in [-0.05, 0) is 23.8 Å². The predicted molar refractivity (Wildman–Crippen MR) is 69.0 cm³/mol. The van der Waals surface area contributed by atoms with Gasteiger partial charge >= 0.3 is 0 Å². The van der Waals surface area contributed by atoms with Crippen LogP contribution in [-0.4, -0.2) is 27.3 Å². The van der Waals surface area contributed by atoms with Gasteiger partial charge in [0.1, 0.15) is 10.1 Å². The summed E-state index contributed by atoms with van der Waals surface area (Å²) in [5.41, 5.74) is 0.786. The molecular weight excluding hydrogens is 242 g/mol. The Morgan fingerprint density at radius 1 is 1.50 bits per heavy atom. The Kier molecular flexibility index (Phi) is 2.98. The molecule has 82 valence electrons. The van der Waals surface area contributed by atoms with Crippen LogP contribution in [-0.2, 0) is 4.79 Å². The van der Waals surface area contributed by atoms with Crippen molar-refractivity contribution in [3.05, 3.63) is 34.7 Å². The molecule has 0 aliphatic carbocycles. The molecule has 1 N–H and O–H groups in total. The molecular formula is C11H9NO2S2. The zero-order valence-electron chi connectivity index (χ0n) is 8.51. The smallest absolute Gasteiger partial charge is 0.265 e. The highest BCUT2D eigenvalue weighted by atomic mass is 32.2. The zero-order valence-corrected chi connectivity index (χ0v) is 10.1. The van der Waals surface area contributed by atoms with Crippen molar-refractivity contribution in [2.24, 2.45) is 0 Å². The van der Waals surface area contributed by atoms with Crippen LogP contribution in [0.4, 0.5) is 0 Å². The number of hydrogen-bond acceptors (Lipinski definition) is 4. The Morgan fingerprint density at radius 2 is 2.25 bits per heavy atom. The first-order valence-corrected chi connectivity index (χ1v) is 5.81. The molecule has 1 amide bonds. The zero-order chi connectivity index (χ0) is 11.7. The number of nitrogens with zero attached hydrogens (tertiary/aromatic N) is 1. The fourth-order valence-electron chi connectivity index (χ4n) is 1.31. The van der Waals surface area contributed by atoms with Gasteiger partial charge in [-0.25, -0.2) is 0 Å². The fourth-order valence-corrected chi connectivity index (χ4v) is 2.49. The van der Waals surface area contributed by atoms with Crippen molar-refractivity contribution in [1.82, 2.24) is 4.90 Å². The van der Waals surface area contributed by atoms with Crippen LogP contribution in [0.5, 0.6) is 5.75 Å².